The van der Waals surface area contributed by atoms with Gasteiger partial charge in [0.2, 0.25) is 0 Å². The van der Waals surface area contributed by atoms with Crippen LogP contribution in [-0.4, -0.2) is 22.9 Å². The van der Waals surface area contributed by atoms with Gasteiger partial charge in [0.1, 0.15) is 6.04 Å². The molecule has 0 N–H and O–H groups in total. The van der Waals surface area contributed by atoms with E-state index in [9.17, 15) is 9.59 Å². The number of para-hydroxylation sites is 1. The minimum Gasteiger partial charge on any atom is -0.461 e. The molecule has 0 spiro atoms. The number of esters is 1. The quantitative estimate of drug-likeness (QED) is 0.626. The van der Waals surface area contributed by atoms with E-state index in [4.69, 9.17) is 4.74 Å². The Kier molecular flexibility index (Phi) is 3.69. The minimum absolute atomic E-state index is 0.151. The monoisotopic (exact) mass is 259 g/mol. The average Bonchev–Trinajstić information content (AvgIpc) is 2.75. The van der Waals surface area contributed by atoms with Crippen molar-refractivity contribution in [3.8, 4) is 0 Å². The van der Waals surface area contributed by atoms with Crippen LogP contribution in [0.1, 0.15) is 37.2 Å². The molecule has 0 saturated carbocycles. The number of aldehydes is 1. The summed E-state index contributed by atoms with van der Waals surface area (Å²) in [6.45, 7) is 5.40. The number of fused-ring (bicyclic) bond motifs is 1. The van der Waals surface area contributed by atoms with Crippen LogP contribution < -0.4 is 0 Å². The molecule has 2 rings (SSSR count). The Labute approximate surface area is 112 Å². The fourth-order valence-electron chi connectivity index (χ4n) is 2.09. The first-order valence-electron chi connectivity index (χ1n) is 6.30. The molecule has 4 heteroatoms. The second kappa shape index (κ2) is 5.26. The summed E-state index contributed by atoms with van der Waals surface area (Å²) in [6.07, 6.45) is 2.35. The van der Waals surface area contributed by atoms with Crippen LogP contribution in [0.5, 0.6) is 0 Å². The van der Waals surface area contributed by atoms with E-state index in [-0.39, 0.29) is 12.1 Å². The first kappa shape index (κ1) is 13.3. The summed E-state index contributed by atoms with van der Waals surface area (Å²) in [6, 6.07) is 7.06. The predicted molar refractivity (Wildman–Crippen MR) is 73.3 cm³/mol. The number of ether oxygens (including phenoxy) is 1. The first-order valence-corrected chi connectivity index (χ1v) is 6.30. The summed E-state index contributed by atoms with van der Waals surface area (Å²) in [5.74, 6) is -0.298. The summed E-state index contributed by atoms with van der Waals surface area (Å²) >= 11 is 0. The van der Waals surface area contributed by atoms with Crippen molar-refractivity contribution in [3.05, 3.63) is 36.0 Å². The number of rotatable bonds is 4. The van der Waals surface area contributed by atoms with Gasteiger partial charge in [0.05, 0.1) is 6.10 Å². The van der Waals surface area contributed by atoms with Crippen molar-refractivity contribution in [1.29, 1.82) is 0 Å². The van der Waals surface area contributed by atoms with Crippen LogP contribution in [0.4, 0.5) is 0 Å². The molecule has 100 valence electrons. The fourth-order valence-corrected chi connectivity index (χ4v) is 2.09. The molecule has 0 fully saturated rings. The van der Waals surface area contributed by atoms with Gasteiger partial charge in [-0.25, -0.2) is 4.79 Å². The molecular formula is C15H17NO3. The van der Waals surface area contributed by atoms with Crippen LogP contribution in [0.25, 0.3) is 10.9 Å². The number of benzene rings is 1. The molecule has 1 aromatic heterocycles. The van der Waals surface area contributed by atoms with Gasteiger partial charge in [-0.3, -0.25) is 4.79 Å². The summed E-state index contributed by atoms with van der Waals surface area (Å²) in [5, 5.41) is 0.849. The van der Waals surface area contributed by atoms with Crippen molar-refractivity contribution in [2.75, 3.05) is 0 Å². The molecular weight excluding hydrogens is 242 g/mol. The van der Waals surface area contributed by atoms with Gasteiger partial charge in [0, 0.05) is 22.7 Å². The lowest BCUT2D eigenvalue weighted by Crippen LogP contribution is -2.21. The summed E-state index contributed by atoms with van der Waals surface area (Å²) in [5.41, 5.74) is 1.44. The third kappa shape index (κ3) is 2.52. The van der Waals surface area contributed by atoms with Crippen LogP contribution in [-0.2, 0) is 9.53 Å². The standard InChI is InChI=1S/C15H17NO3/c1-10(2)19-15(18)11(3)16-8-12(9-17)13-6-4-5-7-14(13)16/h4-11H,1-3H3. The van der Waals surface area contributed by atoms with Gasteiger partial charge in [0.15, 0.2) is 6.29 Å². The molecule has 19 heavy (non-hydrogen) atoms. The van der Waals surface area contributed by atoms with Crippen molar-refractivity contribution in [2.24, 2.45) is 0 Å². The normalized spacial score (nSPS) is 12.6. The fraction of sp³-hybridized carbons (Fsp3) is 0.333. The lowest BCUT2D eigenvalue weighted by molar-refractivity contribution is -0.150. The van der Waals surface area contributed by atoms with Crippen molar-refractivity contribution in [3.63, 3.8) is 0 Å². The van der Waals surface area contributed by atoms with Crippen LogP contribution in [0.2, 0.25) is 0 Å². The lowest BCUT2D eigenvalue weighted by Gasteiger charge is -2.16. The second-order valence-corrected chi connectivity index (χ2v) is 4.79. The van der Waals surface area contributed by atoms with Gasteiger partial charge in [0.25, 0.3) is 0 Å². The van der Waals surface area contributed by atoms with E-state index >= 15 is 0 Å². The van der Waals surface area contributed by atoms with Crippen molar-refractivity contribution in [1.82, 2.24) is 4.57 Å². The highest BCUT2D eigenvalue weighted by Crippen LogP contribution is 2.24. The number of hydrogen-bond donors (Lipinski definition) is 0. The number of hydrogen-bond acceptors (Lipinski definition) is 3. The van der Waals surface area contributed by atoms with Gasteiger partial charge < -0.3 is 9.30 Å². The Morgan fingerprint density at radius 1 is 1.26 bits per heavy atom. The van der Waals surface area contributed by atoms with E-state index in [0.717, 1.165) is 17.2 Å². The molecule has 0 radical (unpaired) electrons. The molecule has 2 aromatic rings. The van der Waals surface area contributed by atoms with Crippen molar-refractivity contribution >= 4 is 23.2 Å². The molecule has 1 heterocycles. The maximum Gasteiger partial charge on any atom is 0.329 e. The largest absolute Gasteiger partial charge is 0.461 e. The molecule has 0 aliphatic carbocycles. The molecule has 1 aromatic carbocycles. The number of aromatic nitrogens is 1. The Morgan fingerprint density at radius 3 is 2.58 bits per heavy atom. The third-order valence-electron chi connectivity index (χ3n) is 3.01. The van der Waals surface area contributed by atoms with Crippen LogP contribution in [0.15, 0.2) is 30.5 Å². The second-order valence-electron chi connectivity index (χ2n) is 4.79. The Bertz CT molecular complexity index is 613. The zero-order chi connectivity index (χ0) is 14.0. The Balaban J connectivity index is 2.45. The summed E-state index contributed by atoms with van der Waals surface area (Å²) < 4.78 is 6.99. The van der Waals surface area contributed by atoms with Crippen LogP contribution in [0, 0.1) is 0 Å². The molecule has 0 bridgehead atoms. The molecule has 0 amide bonds. The highest BCUT2D eigenvalue weighted by molar-refractivity contribution is 5.98. The molecule has 1 atom stereocenters. The van der Waals surface area contributed by atoms with Crippen molar-refractivity contribution in [2.45, 2.75) is 32.9 Å². The molecule has 0 aliphatic rings. The maximum atomic E-state index is 12.0. The predicted octanol–water partition coefficient (Wildman–Crippen LogP) is 2.97. The van der Waals surface area contributed by atoms with E-state index in [1.54, 1.807) is 17.7 Å². The number of carbonyl (C=O) groups excluding carboxylic acids is 2. The Morgan fingerprint density at radius 2 is 1.95 bits per heavy atom. The van der Waals surface area contributed by atoms with E-state index < -0.39 is 6.04 Å². The summed E-state index contributed by atoms with van der Waals surface area (Å²) in [4.78, 5) is 23.0. The van der Waals surface area contributed by atoms with E-state index in [1.807, 2.05) is 38.1 Å². The molecule has 0 saturated heterocycles. The zero-order valence-electron chi connectivity index (χ0n) is 11.3. The zero-order valence-corrected chi connectivity index (χ0v) is 11.3. The van der Waals surface area contributed by atoms with Crippen LogP contribution >= 0.6 is 0 Å². The SMILES string of the molecule is CC(C)OC(=O)C(C)n1cc(C=O)c2ccccc21. The van der Waals surface area contributed by atoms with Crippen LogP contribution in [0.3, 0.4) is 0 Å². The molecule has 4 nitrogen and oxygen atoms in total. The molecule has 1 unspecified atom stereocenters. The molecule has 0 aliphatic heterocycles. The van der Waals surface area contributed by atoms with E-state index in [2.05, 4.69) is 0 Å². The maximum absolute atomic E-state index is 12.0. The summed E-state index contributed by atoms with van der Waals surface area (Å²) in [7, 11) is 0. The minimum atomic E-state index is -0.457. The highest BCUT2D eigenvalue weighted by Gasteiger charge is 2.20. The van der Waals surface area contributed by atoms with Gasteiger partial charge in [-0.2, -0.15) is 0 Å². The van der Waals surface area contributed by atoms with Crippen molar-refractivity contribution < 1.29 is 14.3 Å². The third-order valence-corrected chi connectivity index (χ3v) is 3.01. The first-order chi connectivity index (χ1) is 9.04. The Hall–Kier alpha value is -2.10. The van der Waals surface area contributed by atoms with Gasteiger partial charge >= 0.3 is 5.97 Å². The lowest BCUT2D eigenvalue weighted by atomic mass is 10.2. The van der Waals surface area contributed by atoms with Gasteiger partial charge in [-0.05, 0) is 26.8 Å². The van der Waals surface area contributed by atoms with Gasteiger partial charge in [-0.1, -0.05) is 18.2 Å². The smallest absolute Gasteiger partial charge is 0.329 e. The number of carbonyl (C=O) groups is 2. The van der Waals surface area contributed by atoms with E-state index in [1.165, 1.54) is 0 Å². The number of nitrogens with zero attached hydrogens (tertiary/aromatic N) is 1. The van der Waals surface area contributed by atoms with Gasteiger partial charge in [-0.15, -0.1) is 0 Å². The average molecular weight is 259 g/mol. The topological polar surface area (TPSA) is 48.3 Å². The van der Waals surface area contributed by atoms with E-state index in [0.29, 0.717) is 5.56 Å². The highest BCUT2D eigenvalue weighted by atomic mass is 16.5.